The van der Waals surface area contributed by atoms with Crippen LogP contribution in [-0.4, -0.2) is 39.5 Å². The molecule has 2 aromatic rings. The van der Waals surface area contributed by atoms with Gasteiger partial charge >= 0.3 is 5.69 Å². The Kier molecular flexibility index (Phi) is 4.59. The molecule has 0 atom stereocenters. The Morgan fingerprint density at radius 1 is 1.33 bits per heavy atom. The first-order valence-corrected chi connectivity index (χ1v) is 6.32. The summed E-state index contributed by atoms with van der Waals surface area (Å²) in [6.07, 6.45) is 1.36. The number of nitrogens with one attached hydrogen (secondary N) is 2. The molecular formula is C15H15N3O3. The molecule has 2 rings (SSSR count). The van der Waals surface area contributed by atoms with Crippen molar-refractivity contribution in [3.63, 3.8) is 0 Å². The highest BCUT2D eigenvalue weighted by Gasteiger charge is 2.13. The number of carbonyl (C=O) groups excluding carboxylic acids is 1. The van der Waals surface area contributed by atoms with Gasteiger partial charge in [-0.1, -0.05) is 24.0 Å². The lowest BCUT2D eigenvalue weighted by Gasteiger charge is -2.16. The van der Waals surface area contributed by atoms with Crippen LogP contribution in [0.3, 0.4) is 0 Å². The van der Waals surface area contributed by atoms with Gasteiger partial charge in [0.15, 0.2) is 0 Å². The maximum atomic E-state index is 12.1. The van der Waals surface area contributed by atoms with Crippen molar-refractivity contribution in [2.24, 2.45) is 0 Å². The predicted octanol–water partition coefficient (Wildman–Crippen LogP) is 0.319. The van der Waals surface area contributed by atoms with E-state index in [0.717, 1.165) is 11.1 Å². The van der Waals surface area contributed by atoms with E-state index < -0.39 is 5.69 Å². The van der Waals surface area contributed by atoms with Crippen LogP contribution in [-0.2, 0) is 6.54 Å². The van der Waals surface area contributed by atoms with E-state index in [0.29, 0.717) is 6.54 Å². The molecule has 0 radical (unpaired) electrons. The lowest BCUT2D eigenvalue weighted by Crippen LogP contribution is -2.26. The van der Waals surface area contributed by atoms with E-state index >= 15 is 0 Å². The molecule has 0 aliphatic heterocycles. The number of imidazole rings is 1. The zero-order valence-corrected chi connectivity index (χ0v) is 11.5. The summed E-state index contributed by atoms with van der Waals surface area (Å²) >= 11 is 0. The van der Waals surface area contributed by atoms with E-state index in [2.05, 4.69) is 21.8 Å². The Labute approximate surface area is 121 Å². The van der Waals surface area contributed by atoms with E-state index in [1.54, 1.807) is 7.05 Å². The van der Waals surface area contributed by atoms with Gasteiger partial charge in [-0.05, 0) is 17.7 Å². The van der Waals surface area contributed by atoms with Crippen molar-refractivity contribution >= 4 is 5.91 Å². The third-order valence-electron chi connectivity index (χ3n) is 2.86. The van der Waals surface area contributed by atoms with Crippen LogP contribution in [0.25, 0.3) is 0 Å². The van der Waals surface area contributed by atoms with Gasteiger partial charge in [0.25, 0.3) is 5.91 Å². The number of aliphatic hydroxyl groups is 1. The van der Waals surface area contributed by atoms with Crippen LogP contribution in [0.4, 0.5) is 0 Å². The molecule has 0 fully saturated rings. The minimum Gasteiger partial charge on any atom is -0.384 e. The summed E-state index contributed by atoms with van der Waals surface area (Å²) < 4.78 is 0. The molecule has 3 N–H and O–H groups in total. The Morgan fingerprint density at radius 2 is 2.05 bits per heavy atom. The van der Waals surface area contributed by atoms with Crippen LogP contribution < -0.4 is 5.69 Å². The number of aromatic nitrogens is 2. The van der Waals surface area contributed by atoms with Crippen molar-refractivity contribution in [3.05, 3.63) is 57.8 Å². The topological polar surface area (TPSA) is 89.2 Å². The summed E-state index contributed by atoms with van der Waals surface area (Å²) in [4.78, 5) is 29.4. The molecule has 0 saturated heterocycles. The average Bonchev–Trinajstić information content (AvgIpc) is 2.92. The predicted molar refractivity (Wildman–Crippen MR) is 77.6 cm³/mol. The lowest BCUT2D eigenvalue weighted by atomic mass is 10.1. The highest BCUT2D eigenvalue weighted by atomic mass is 16.2. The van der Waals surface area contributed by atoms with Crippen molar-refractivity contribution in [2.75, 3.05) is 13.7 Å². The second-order valence-electron chi connectivity index (χ2n) is 4.47. The molecule has 0 spiro atoms. The highest BCUT2D eigenvalue weighted by Crippen LogP contribution is 2.08. The second kappa shape index (κ2) is 6.59. The van der Waals surface area contributed by atoms with Gasteiger partial charge in [-0.15, -0.1) is 0 Å². The molecular weight excluding hydrogens is 270 g/mol. The van der Waals surface area contributed by atoms with Crippen LogP contribution in [0.15, 0.2) is 35.3 Å². The fourth-order valence-electron chi connectivity index (χ4n) is 1.83. The van der Waals surface area contributed by atoms with Crippen molar-refractivity contribution in [3.8, 4) is 11.8 Å². The van der Waals surface area contributed by atoms with Crippen molar-refractivity contribution in [1.82, 2.24) is 14.9 Å². The Morgan fingerprint density at radius 3 is 2.62 bits per heavy atom. The maximum Gasteiger partial charge on any atom is 0.323 e. The molecule has 0 unspecified atom stereocenters. The average molecular weight is 285 g/mol. The zero-order chi connectivity index (χ0) is 15.2. The van der Waals surface area contributed by atoms with Crippen LogP contribution >= 0.6 is 0 Å². The van der Waals surface area contributed by atoms with Crippen LogP contribution in [0.5, 0.6) is 0 Å². The van der Waals surface area contributed by atoms with Gasteiger partial charge in [-0.25, -0.2) is 4.79 Å². The third-order valence-corrected chi connectivity index (χ3v) is 2.86. The summed E-state index contributed by atoms with van der Waals surface area (Å²) in [7, 11) is 1.66. The molecule has 6 nitrogen and oxygen atoms in total. The lowest BCUT2D eigenvalue weighted by molar-refractivity contribution is 0.0779. The largest absolute Gasteiger partial charge is 0.384 e. The van der Waals surface area contributed by atoms with Crippen molar-refractivity contribution < 1.29 is 9.90 Å². The quantitative estimate of drug-likeness (QED) is 0.709. The van der Waals surface area contributed by atoms with Crippen LogP contribution in [0.2, 0.25) is 0 Å². The van der Waals surface area contributed by atoms with E-state index in [1.165, 1.54) is 11.1 Å². The first-order valence-electron chi connectivity index (χ1n) is 6.32. The maximum absolute atomic E-state index is 12.1. The Hall–Kier alpha value is -2.78. The number of rotatable bonds is 3. The number of nitrogens with zero attached hydrogens (tertiary/aromatic N) is 1. The first kappa shape index (κ1) is 14.6. The SMILES string of the molecule is CN(Cc1ccc(C#CCO)cc1)C(=O)c1c[nH]c(=O)[nH]1. The van der Waals surface area contributed by atoms with E-state index in [9.17, 15) is 9.59 Å². The standard InChI is InChI=1S/C15H15N3O3/c1-18(14(20)13-9-16-15(21)17-13)10-12-6-4-11(5-7-12)3-2-8-19/h4-7,9,19H,8,10H2,1H3,(H2,16,17,21). The molecule has 0 aliphatic rings. The fraction of sp³-hybridized carbons (Fsp3) is 0.200. The minimum atomic E-state index is -0.404. The van der Waals surface area contributed by atoms with Crippen LogP contribution in [0, 0.1) is 11.8 Å². The fourth-order valence-corrected chi connectivity index (χ4v) is 1.83. The number of hydrogen-bond donors (Lipinski definition) is 3. The Balaban J connectivity index is 2.03. The van der Waals surface area contributed by atoms with Gasteiger partial charge in [0.2, 0.25) is 0 Å². The van der Waals surface area contributed by atoms with E-state index in [1.807, 2.05) is 24.3 Å². The smallest absolute Gasteiger partial charge is 0.323 e. The van der Waals surface area contributed by atoms with Crippen molar-refractivity contribution in [2.45, 2.75) is 6.54 Å². The van der Waals surface area contributed by atoms with E-state index in [-0.39, 0.29) is 18.2 Å². The first-order chi connectivity index (χ1) is 10.1. The van der Waals surface area contributed by atoms with Gasteiger partial charge in [-0.3, -0.25) is 4.79 Å². The van der Waals surface area contributed by atoms with Gasteiger partial charge in [0.1, 0.15) is 12.3 Å². The summed E-state index contributed by atoms with van der Waals surface area (Å²) in [6.45, 7) is 0.244. The normalized spacial score (nSPS) is 9.81. The molecule has 0 aliphatic carbocycles. The number of aliphatic hydroxyl groups excluding tert-OH is 1. The van der Waals surface area contributed by atoms with Gasteiger partial charge in [0.05, 0.1) is 0 Å². The second-order valence-corrected chi connectivity index (χ2v) is 4.47. The molecule has 1 heterocycles. The zero-order valence-electron chi connectivity index (χ0n) is 11.5. The molecule has 6 heteroatoms. The summed E-state index contributed by atoms with van der Waals surface area (Å²) in [5, 5.41) is 8.63. The van der Waals surface area contributed by atoms with Crippen LogP contribution in [0.1, 0.15) is 21.6 Å². The summed E-state index contributed by atoms with van der Waals surface area (Å²) in [5.74, 6) is 5.11. The number of carbonyl (C=O) groups is 1. The molecule has 1 amide bonds. The molecule has 1 aromatic heterocycles. The Bertz CT molecular complexity index is 732. The number of benzene rings is 1. The minimum absolute atomic E-state index is 0.173. The third kappa shape index (κ3) is 3.84. The summed E-state index contributed by atoms with van der Waals surface area (Å²) in [6, 6.07) is 7.39. The highest BCUT2D eigenvalue weighted by molar-refractivity contribution is 5.91. The van der Waals surface area contributed by atoms with Crippen molar-refractivity contribution in [1.29, 1.82) is 0 Å². The molecule has 21 heavy (non-hydrogen) atoms. The van der Waals surface area contributed by atoms with E-state index in [4.69, 9.17) is 5.11 Å². The monoisotopic (exact) mass is 285 g/mol. The van der Waals surface area contributed by atoms with Gasteiger partial charge in [-0.2, -0.15) is 0 Å². The molecule has 0 saturated carbocycles. The number of H-pyrrole nitrogens is 2. The summed E-state index contributed by atoms with van der Waals surface area (Å²) in [5.41, 5.74) is 1.57. The molecule has 1 aromatic carbocycles. The molecule has 108 valence electrons. The van der Waals surface area contributed by atoms with Gasteiger partial charge in [0, 0.05) is 25.4 Å². The van der Waals surface area contributed by atoms with Gasteiger partial charge < -0.3 is 20.0 Å². The number of hydrogen-bond acceptors (Lipinski definition) is 3. The number of amides is 1. The number of aromatic amines is 2. The molecule has 0 bridgehead atoms.